The SMILES string of the molecule is Cc1ccc2c(c1)C(=O)N(CCC(=O)Oc1cccc(Cl)c1Cl)C2=O. The summed E-state index contributed by atoms with van der Waals surface area (Å²) in [7, 11) is 0. The molecule has 2 aromatic rings. The Morgan fingerprint density at radius 1 is 1.08 bits per heavy atom. The maximum Gasteiger partial charge on any atom is 0.313 e. The second-order valence-corrected chi connectivity index (χ2v) is 6.37. The van der Waals surface area contributed by atoms with Crippen molar-refractivity contribution in [1.29, 1.82) is 0 Å². The molecule has 0 radical (unpaired) electrons. The molecule has 0 aliphatic carbocycles. The summed E-state index contributed by atoms with van der Waals surface area (Å²) in [6.07, 6.45) is -0.146. The minimum Gasteiger partial charge on any atom is -0.425 e. The molecule has 1 heterocycles. The zero-order chi connectivity index (χ0) is 18.1. The molecule has 1 aliphatic heterocycles. The van der Waals surface area contributed by atoms with Crippen molar-refractivity contribution in [2.45, 2.75) is 13.3 Å². The van der Waals surface area contributed by atoms with E-state index in [1.165, 1.54) is 6.07 Å². The van der Waals surface area contributed by atoms with Crippen LogP contribution in [-0.4, -0.2) is 29.2 Å². The Morgan fingerprint density at radius 3 is 2.56 bits per heavy atom. The van der Waals surface area contributed by atoms with Crippen LogP contribution in [0.3, 0.4) is 0 Å². The Labute approximate surface area is 154 Å². The summed E-state index contributed by atoms with van der Waals surface area (Å²) in [5, 5.41) is 0.399. The van der Waals surface area contributed by atoms with Gasteiger partial charge in [0.05, 0.1) is 22.6 Å². The van der Waals surface area contributed by atoms with Gasteiger partial charge in [0, 0.05) is 6.54 Å². The summed E-state index contributed by atoms with van der Waals surface area (Å²) < 4.78 is 5.15. The third kappa shape index (κ3) is 3.38. The first kappa shape index (κ1) is 17.5. The minimum absolute atomic E-state index is 0.0671. The largest absolute Gasteiger partial charge is 0.425 e. The van der Waals surface area contributed by atoms with Crippen molar-refractivity contribution in [2.24, 2.45) is 0 Å². The third-order valence-electron chi connectivity index (χ3n) is 3.81. The van der Waals surface area contributed by atoms with Crippen molar-refractivity contribution in [1.82, 2.24) is 4.90 Å². The lowest BCUT2D eigenvalue weighted by atomic mass is 10.1. The van der Waals surface area contributed by atoms with Crippen LogP contribution in [0, 0.1) is 6.92 Å². The highest BCUT2D eigenvalue weighted by Gasteiger charge is 2.35. The fraction of sp³-hybridized carbons (Fsp3) is 0.167. The first-order valence-corrected chi connectivity index (χ1v) is 8.25. The van der Waals surface area contributed by atoms with Crippen molar-refractivity contribution in [3.63, 3.8) is 0 Å². The van der Waals surface area contributed by atoms with Crippen LogP contribution in [0.4, 0.5) is 0 Å². The second-order valence-electron chi connectivity index (χ2n) is 5.59. The molecule has 0 spiro atoms. The fourth-order valence-corrected chi connectivity index (χ4v) is 2.88. The van der Waals surface area contributed by atoms with E-state index in [2.05, 4.69) is 0 Å². The maximum absolute atomic E-state index is 12.3. The van der Waals surface area contributed by atoms with E-state index in [9.17, 15) is 14.4 Å². The van der Waals surface area contributed by atoms with Crippen molar-refractivity contribution in [2.75, 3.05) is 6.54 Å². The van der Waals surface area contributed by atoms with E-state index >= 15 is 0 Å². The van der Waals surface area contributed by atoms with Gasteiger partial charge in [-0.05, 0) is 31.2 Å². The normalized spacial score (nSPS) is 13.2. The molecule has 1 aliphatic rings. The van der Waals surface area contributed by atoms with Gasteiger partial charge in [-0.1, -0.05) is 40.9 Å². The highest BCUT2D eigenvalue weighted by molar-refractivity contribution is 6.43. The molecular formula is C18H13Cl2NO4. The van der Waals surface area contributed by atoms with E-state index in [-0.39, 0.29) is 28.8 Å². The van der Waals surface area contributed by atoms with Gasteiger partial charge in [0.2, 0.25) is 0 Å². The van der Waals surface area contributed by atoms with Crippen LogP contribution in [0.15, 0.2) is 36.4 Å². The summed E-state index contributed by atoms with van der Waals surface area (Å²) in [6, 6.07) is 9.74. The highest BCUT2D eigenvalue weighted by Crippen LogP contribution is 2.31. The molecule has 0 atom stereocenters. The van der Waals surface area contributed by atoms with E-state index < -0.39 is 17.8 Å². The Bertz CT molecular complexity index is 895. The zero-order valence-corrected chi connectivity index (χ0v) is 14.7. The number of imide groups is 1. The van der Waals surface area contributed by atoms with Gasteiger partial charge in [0.15, 0.2) is 5.75 Å². The number of nitrogens with zero attached hydrogens (tertiary/aromatic N) is 1. The molecule has 2 amide bonds. The van der Waals surface area contributed by atoms with Gasteiger partial charge in [-0.25, -0.2) is 0 Å². The van der Waals surface area contributed by atoms with E-state index in [0.717, 1.165) is 10.5 Å². The van der Waals surface area contributed by atoms with Crippen LogP contribution in [0.2, 0.25) is 10.0 Å². The van der Waals surface area contributed by atoms with Crippen LogP contribution in [0.25, 0.3) is 0 Å². The molecule has 0 fully saturated rings. The quantitative estimate of drug-likeness (QED) is 0.460. The number of hydrogen-bond acceptors (Lipinski definition) is 4. The Morgan fingerprint density at radius 2 is 1.80 bits per heavy atom. The number of carbonyl (C=O) groups excluding carboxylic acids is 3. The fourth-order valence-electron chi connectivity index (χ4n) is 2.55. The van der Waals surface area contributed by atoms with Gasteiger partial charge in [0.25, 0.3) is 11.8 Å². The van der Waals surface area contributed by atoms with Crippen LogP contribution in [-0.2, 0) is 4.79 Å². The molecule has 128 valence electrons. The number of amides is 2. The molecular weight excluding hydrogens is 365 g/mol. The van der Waals surface area contributed by atoms with Crippen LogP contribution in [0.5, 0.6) is 5.75 Å². The van der Waals surface area contributed by atoms with Crippen LogP contribution in [0.1, 0.15) is 32.7 Å². The summed E-state index contributed by atoms with van der Waals surface area (Å²) in [5.74, 6) is -1.29. The van der Waals surface area contributed by atoms with Gasteiger partial charge in [0.1, 0.15) is 5.02 Å². The predicted octanol–water partition coefficient (Wildman–Crippen LogP) is 3.89. The summed E-state index contributed by atoms with van der Waals surface area (Å²) >= 11 is 11.8. The zero-order valence-electron chi connectivity index (χ0n) is 13.2. The van der Waals surface area contributed by atoms with Crippen molar-refractivity contribution >= 4 is 41.0 Å². The average Bonchev–Trinajstić information content (AvgIpc) is 2.80. The second kappa shape index (κ2) is 6.86. The van der Waals surface area contributed by atoms with Gasteiger partial charge in [-0.15, -0.1) is 0 Å². The summed E-state index contributed by atoms with van der Waals surface area (Å²) in [6.45, 7) is 1.77. The molecule has 0 bridgehead atoms. The van der Waals surface area contributed by atoms with Crippen molar-refractivity contribution in [3.8, 4) is 5.75 Å². The number of esters is 1. The Balaban J connectivity index is 1.66. The van der Waals surface area contributed by atoms with Crippen molar-refractivity contribution in [3.05, 3.63) is 63.1 Å². The summed E-state index contributed by atoms with van der Waals surface area (Å²) in [5.41, 5.74) is 1.59. The molecule has 0 saturated heterocycles. The number of rotatable bonds is 4. The van der Waals surface area contributed by atoms with Gasteiger partial charge < -0.3 is 4.74 Å². The first-order valence-electron chi connectivity index (χ1n) is 7.50. The van der Waals surface area contributed by atoms with Gasteiger partial charge >= 0.3 is 5.97 Å². The van der Waals surface area contributed by atoms with Gasteiger partial charge in [-0.3, -0.25) is 19.3 Å². The number of aryl methyl sites for hydroxylation is 1. The van der Waals surface area contributed by atoms with E-state index in [0.29, 0.717) is 11.1 Å². The van der Waals surface area contributed by atoms with Crippen LogP contribution >= 0.6 is 23.2 Å². The van der Waals surface area contributed by atoms with Crippen LogP contribution < -0.4 is 4.74 Å². The molecule has 0 aromatic heterocycles. The molecule has 7 heteroatoms. The number of halogens is 2. The van der Waals surface area contributed by atoms with Crippen molar-refractivity contribution < 1.29 is 19.1 Å². The Hall–Kier alpha value is -2.37. The van der Waals surface area contributed by atoms with E-state index in [4.69, 9.17) is 27.9 Å². The summed E-state index contributed by atoms with van der Waals surface area (Å²) in [4.78, 5) is 37.7. The molecule has 3 rings (SSSR count). The average molecular weight is 378 g/mol. The number of ether oxygens (including phenoxy) is 1. The molecule has 5 nitrogen and oxygen atoms in total. The maximum atomic E-state index is 12.3. The number of hydrogen-bond donors (Lipinski definition) is 0. The lowest BCUT2D eigenvalue weighted by molar-refractivity contribution is -0.134. The number of fused-ring (bicyclic) bond motifs is 1. The highest BCUT2D eigenvalue weighted by atomic mass is 35.5. The van der Waals surface area contributed by atoms with E-state index in [1.807, 2.05) is 6.92 Å². The topological polar surface area (TPSA) is 63.7 Å². The standard InChI is InChI=1S/C18H13Cl2NO4/c1-10-5-6-11-12(9-10)18(24)21(17(11)23)8-7-15(22)25-14-4-2-3-13(19)16(14)20/h2-6,9H,7-8H2,1H3. The molecule has 0 unspecified atom stereocenters. The lowest BCUT2D eigenvalue weighted by Gasteiger charge is -2.13. The smallest absolute Gasteiger partial charge is 0.313 e. The number of benzene rings is 2. The molecule has 0 N–H and O–H groups in total. The molecule has 2 aromatic carbocycles. The Kier molecular flexibility index (Phi) is 4.79. The lowest BCUT2D eigenvalue weighted by Crippen LogP contribution is -2.32. The molecule has 0 saturated carbocycles. The predicted molar refractivity (Wildman–Crippen MR) is 93.3 cm³/mol. The first-order chi connectivity index (χ1) is 11.9. The monoisotopic (exact) mass is 377 g/mol. The minimum atomic E-state index is -0.614. The third-order valence-corrected chi connectivity index (χ3v) is 4.61. The van der Waals surface area contributed by atoms with E-state index in [1.54, 1.807) is 30.3 Å². The van der Waals surface area contributed by atoms with Gasteiger partial charge in [-0.2, -0.15) is 0 Å². The molecule has 25 heavy (non-hydrogen) atoms. The number of carbonyl (C=O) groups is 3.